The summed E-state index contributed by atoms with van der Waals surface area (Å²) in [5.74, 6) is 0. The first-order valence-electron chi connectivity index (χ1n) is 5.91. The zero-order valence-corrected chi connectivity index (χ0v) is 13.2. The van der Waals surface area contributed by atoms with Crippen LogP contribution in [0.5, 0.6) is 0 Å². The third-order valence-corrected chi connectivity index (χ3v) is 4.26. The fourth-order valence-corrected chi connectivity index (χ4v) is 2.59. The fraction of sp³-hybridized carbons (Fsp3) is 0.200. The Bertz CT molecular complexity index is 555. The van der Waals surface area contributed by atoms with Crippen LogP contribution in [0, 0.1) is 0 Å². The SMILES string of the molecule is OC(Cc1ccc(Br)cc1)Cc1cccc(Cl)c1Cl. The first-order chi connectivity index (χ1) is 9.06. The molecule has 1 atom stereocenters. The maximum atomic E-state index is 10.1. The van der Waals surface area contributed by atoms with Crippen molar-refractivity contribution in [2.75, 3.05) is 0 Å². The summed E-state index contributed by atoms with van der Waals surface area (Å²) in [6.07, 6.45) is 0.614. The molecule has 0 aromatic heterocycles. The molecule has 1 nitrogen and oxygen atoms in total. The van der Waals surface area contributed by atoms with Crippen LogP contribution >= 0.6 is 39.1 Å². The minimum Gasteiger partial charge on any atom is -0.392 e. The maximum Gasteiger partial charge on any atom is 0.0625 e. The number of hydrogen-bond donors (Lipinski definition) is 1. The molecular weight excluding hydrogens is 347 g/mol. The molecule has 0 fully saturated rings. The molecular formula is C15H13BrCl2O. The molecule has 0 amide bonds. The Morgan fingerprint density at radius 2 is 1.68 bits per heavy atom. The van der Waals surface area contributed by atoms with Crippen molar-refractivity contribution in [2.24, 2.45) is 0 Å². The number of hydrogen-bond acceptors (Lipinski definition) is 1. The number of aliphatic hydroxyl groups is 1. The van der Waals surface area contributed by atoms with Gasteiger partial charge >= 0.3 is 0 Å². The highest BCUT2D eigenvalue weighted by Crippen LogP contribution is 2.26. The van der Waals surface area contributed by atoms with Gasteiger partial charge in [-0.1, -0.05) is 63.4 Å². The average Bonchev–Trinajstić information content (AvgIpc) is 2.38. The second kappa shape index (κ2) is 6.76. The molecule has 0 aliphatic carbocycles. The second-order valence-electron chi connectivity index (χ2n) is 4.40. The third kappa shape index (κ3) is 4.22. The first kappa shape index (κ1) is 14.9. The second-order valence-corrected chi connectivity index (χ2v) is 6.10. The average molecular weight is 360 g/mol. The van der Waals surface area contributed by atoms with Crippen LogP contribution in [-0.2, 0) is 12.8 Å². The zero-order chi connectivity index (χ0) is 13.8. The molecule has 0 saturated carbocycles. The van der Waals surface area contributed by atoms with Gasteiger partial charge in [-0.05, 0) is 35.7 Å². The first-order valence-corrected chi connectivity index (χ1v) is 7.46. The van der Waals surface area contributed by atoms with E-state index >= 15 is 0 Å². The van der Waals surface area contributed by atoms with Gasteiger partial charge < -0.3 is 5.11 Å². The predicted molar refractivity (Wildman–Crippen MR) is 84.0 cm³/mol. The van der Waals surface area contributed by atoms with Gasteiger partial charge in [0.15, 0.2) is 0 Å². The highest BCUT2D eigenvalue weighted by atomic mass is 79.9. The maximum absolute atomic E-state index is 10.1. The van der Waals surface area contributed by atoms with Gasteiger partial charge in [-0.15, -0.1) is 0 Å². The molecule has 0 aliphatic heterocycles. The van der Waals surface area contributed by atoms with E-state index in [0.29, 0.717) is 22.9 Å². The Morgan fingerprint density at radius 3 is 2.37 bits per heavy atom. The monoisotopic (exact) mass is 358 g/mol. The quantitative estimate of drug-likeness (QED) is 0.822. The number of halogens is 3. The summed E-state index contributed by atoms with van der Waals surface area (Å²) in [6, 6.07) is 13.4. The highest BCUT2D eigenvalue weighted by Gasteiger charge is 2.11. The van der Waals surface area contributed by atoms with Gasteiger partial charge in [-0.2, -0.15) is 0 Å². The van der Waals surface area contributed by atoms with Crippen LogP contribution in [0.15, 0.2) is 46.9 Å². The Hall–Kier alpha value is -0.540. The molecule has 2 rings (SSSR count). The predicted octanol–water partition coefficient (Wildman–Crippen LogP) is 4.90. The van der Waals surface area contributed by atoms with Crippen molar-refractivity contribution in [3.05, 3.63) is 68.1 Å². The van der Waals surface area contributed by atoms with Crippen LogP contribution in [-0.4, -0.2) is 11.2 Å². The number of rotatable bonds is 4. The molecule has 0 radical (unpaired) electrons. The molecule has 19 heavy (non-hydrogen) atoms. The summed E-state index contributed by atoms with van der Waals surface area (Å²) in [6.45, 7) is 0. The Balaban J connectivity index is 2.03. The Labute approximate surface area is 131 Å². The fourth-order valence-electron chi connectivity index (χ4n) is 1.92. The van der Waals surface area contributed by atoms with Crippen molar-refractivity contribution in [3.8, 4) is 0 Å². The van der Waals surface area contributed by atoms with Crippen LogP contribution in [0.3, 0.4) is 0 Å². The Kier molecular flexibility index (Phi) is 5.28. The standard InChI is InChI=1S/C15H13BrCl2O/c16-12-6-4-10(5-7-12)8-13(19)9-11-2-1-3-14(17)15(11)18/h1-7,13,19H,8-9H2. The van der Waals surface area contributed by atoms with Crippen molar-refractivity contribution in [1.29, 1.82) is 0 Å². The lowest BCUT2D eigenvalue weighted by Gasteiger charge is -2.12. The molecule has 1 N–H and O–H groups in total. The molecule has 2 aromatic carbocycles. The molecule has 0 bridgehead atoms. The van der Waals surface area contributed by atoms with E-state index in [1.165, 1.54) is 0 Å². The van der Waals surface area contributed by atoms with E-state index in [1.807, 2.05) is 36.4 Å². The largest absolute Gasteiger partial charge is 0.392 e. The van der Waals surface area contributed by atoms with Gasteiger partial charge in [0, 0.05) is 10.9 Å². The van der Waals surface area contributed by atoms with E-state index in [4.69, 9.17) is 23.2 Å². The van der Waals surface area contributed by atoms with Crippen molar-refractivity contribution in [1.82, 2.24) is 0 Å². The van der Waals surface area contributed by atoms with Crippen LogP contribution < -0.4 is 0 Å². The number of benzene rings is 2. The zero-order valence-electron chi connectivity index (χ0n) is 10.1. The van der Waals surface area contributed by atoms with Crippen LogP contribution in [0.1, 0.15) is 11.1 Å². The van der Waals surface area contributed by atoms with Crippen LogP contribution in [0.25, 0.3) is 0 Å². The van der Waals surface area contributed by atoms with E-state index < -0.39 is 6.10 Å². The van der Waals surface area contributed by atoms with E-state index in [2.05, 4.69) is 15.9 Å². The van der Waals surface area contributed by atoms with Crippen LogP contribution in [0.2, 0.25) is 10.0 Å². The molecule has 0 aliphatic rings. The van der Waals surface area contributed by atoms with Gasteiger partial charge in [-0.25, -0.2) is 0 Å². The highest BCUT2D eigenvalue weighted by molar-refractivity contribution is 9.10. The van der Waals surface area contributed by atoms with Gasteiger partial charge in [0.05, 0.1) is 16.1 Å². The van der Waals surface area contributed by atoms with E-state index in [-0.39, 0.29) is 0 Å². The van der Waals surface area contributed by atoms with Crippen LogP contribution in [0.4, 0.5) is 0 Å². The minimum absolute atomic E-state index is 0.475. The lowest BCUT2D eigenvalue weighted by atomic mass is 10.0. The molecule has 2 aromatic rings. The normalized spacial score (nSPS) is 12.4. The smallest absolute Gasteiger partial charge is 0.0625 e. The summed E-state index contributed by atoms with van der Waals surface area (Å²) in [5.41, 5.74) is 1.97. The van der Waals surface area contributed by atoms with E-state index in [9.17, 15) is 5.11 Å². The van der Waals surface area contributed by atoms with Gasteiger partial charge in [-0.3, -0.25) is 0 Å². The summed E-state index contributed by atoms with van der Waals surface area (Å²) in [4.78, 5) is 0. The summed E-state index contributed by atoms with van der Waals surface area (Å²) in [7, 11) is 0. The summed E-state index contributed by atoms with van der Waals surface area (Å²) >= 11 is 15.5. The topological polar surface area (TPSA) is 20.2 Å². The van der Waals surface area contributed by atoms with Gasteiger partial charge in [0.25, 0.3) is 0 Å². The molecule has 0 spiro atoms. The van der Waals surface area contributed by atoms with E-state index in [1.54, 1.807) is 6.07 Å². The van der Waals surface area contributed by atoms with Gasteiger partial charge in [0.2, 0.25) is 0 Å². The molecule has 4 heteroatoms. The third-order valence-electron chi connectivity index (χ3n) is 2.87. The molecule has 0 saturated heterocycles. The summed E-state index contributed by atoms with van der Waals surface area (Å²) in [5, 5.41) is 11.2. The van der Waals surface area contributed by atoms with Crippen molar-refractivity contribution >= 4 is 39.1 Å². The van der Waals surface area contributed by atoms with E-state index in [0.717, 1.165) is 15.6 Å². The minimum atomic E-state index is -0.475. The van der Waals surface area contributed by atoms with Crippen molar-refractivity contribution < 1.29 is 5.11 Å². The lowest BCUT2D eigenvalue weighted by molar-refractivity contribution is 0.175. The number of aliphatic hydroxyl groups excluding tert-OH is 1. The van der Waals surface area contributed by atoms with Crippen molar-refractivity contribution in [3.63, 3.8) is 0 Å². The Morgan fingerprint density at radius 1 is 1.00 bits per heavy atom. The molecule has 0 heterocycles. The molecule has 100 valence electrons. The van der Waals surface area contributed by atoms with Gasteiger partial charge in [0.1, 0.15) is 0 Å². The summed E-state index contributed by atoms with van der Waals surface area (Å²) < 4.78 is 1.03. The molecule has 1 unspecified atom stereocenters. The lowest BCUT2D eigenvalue weighted by Crippen LogP contribution is -2.14. The van der Waals surface area contributed by atoms with Crippen molar-refractivity contribution in [2.45, 2.75) is 18.9 Å².